The molecule has 6 heteroatoms. The minimum atomic E-state index is -3.30. The third-order valence-corrected chi connectivity index (χ3v) is 6.20. The number of likely N-dealkylation sites (tertiary alicyclic amines) is 2. The summed E-state index contributed by atoms with van der Waals surface area (Å²) in [6.45, 7) is 1.85. The van der Waals surface area contributed by atoms with Crippen LogP contribution in [0.3, 0.4) is 0 Å². The number of likely N-dealkylation sites (N-methyl/N-ethyl adjacent to an activating group) is 1. The van der Waals surface area contributed by atoms with Gasteiger partial charge in [0.15, 0.2) is 9.84 Å². The SMILES string of the molecule is CN1CCC[C@H]1[C@H]1CCCN1C(=O)c1cccc(S(C)(=O)=O)c1. The summed E-state index contributed by atoms with van der Waals surface area (Å²) in [5.41, 5.74) is 0.473. The Kier molecular flexibility index (Phi) is 4.47. The van der Waals surface area contributed by atoms with Crippen molar-refractivity contribution in [3.8, 4) is 0 Å². The number of amides is 1. The molecule has 2 aliphatic heterocycles. The van der Waals surface area contributed by atoms with Crippen LogP contribution in [0, 0.1) is 0 Å². The number of hydrogen-bond donors (Lipinski definition) is 0. The van der Waals surface area contributed by atoms with Crippen LogP contribution in [0.1, 0.15) is 36.0 Å². The Morgan fingerprint density at radius 2 is 1.83 bits per heavy atom. The van der Waals surface area contributed by atoms with Crippen molar-refractivity contribution in [1.29, 1.82) is 0 Å². The van der Waals surface area contributed by atoms with Crippen molar-refractivity contribution >= 4 is 15.7 Å². The molecule has 1 amide bonds. The molecule has 1 aromatic carbocycles. The Bertz CT molecular complexity index is 702. The Hall–Kier alpha value is -1.40. The quantitative estimate of drug-likeness (QED) is 0.844. The van der Waals surface area contributed by atoms with Gasteiger partial charge in [0.25, 0.3) is 5.91 Å². The Morgan fingerprint density at radius 3 is 2.48 bits per heavy atom. The molecule has 0 bridgehead atoms. The van der Waals surface area contributed by atoms with E-state index in [1.165, 1.54) is 18.7 Å². The molecule has 1 aromatic rings. The zero-order valence-electron chi connectivity index (χ0n) is 13.7. The molecule has 0 aromatic heterocycles. The fourth-order valence-corrected chi connectivity index (χ4v) is 4.56. The molecule has 0 saturated carbocycles. The number of benzene rings is 1. The zero-order valence-corrected chi connectivity index (χ0v) is 14.6. The van der Waals surface area contributed by atoms with Crippen LogP contribution in [0.2, 0.25) is 0 Å². The summed E-state index contributed by atoms with van der Waals surface area (Å²) in [5.74, 6) is -0.0432. The fraction of sp³-hybridized carbons (Fsp3) is 0.588. The summed E-state index contributed by atoms with van der Waals surface area (Å²) >= 11 is 0. The van der Waals surface area contributed by atoms with Crippen molar-refractivity contribution in [3.63, 3.8) is 0 Å². The molecule has 0 spiro atoms. The lowest BCUT2D eigenvalue weighted by molar-refractivity contribution is 0.0664. The number of hydrogen-bond acceptors (Lipinski definition) is 4. The molecule has 0 aliphatic carbocycles. The van der Waals surface area contributed by atoms with Crippen LogP contribution in [0.15, 0.2) is 29.2 Å². The van der Waals surface area contributed by atoms with Gasteiger partial charge in [0, 0.05) is 30.4 Å². The highest BCUT2D eigenvalue weighted by molar-refractivity contribution is 7.90. The first-order valence-electron chi connectivity index (χ1n) is 8.19. The van der Waals surface area contributed by atoms with Gasteiger partial charge < -0.3 is 9.80 Å². The molecule has 0 radical (unpaired) electrons. The lowest BCUT2D eigenvalue weighted by Gasteiger charge is -2.33. The van der Waals surface area contributed by atoms with Crippen LogP contribution < -0.4 is 0 Å². The summed E-state index contributed by atoms with van der Waals surface area (Å²) < 4.78 is 23.4. The normalized spacial score (nSPS) is 25.9. The summed E-state index contributed by atoms with van der Waals surface area (Å²) in [4.78, 5) is 17.4. The van der Waals surface area contributed by atoms with Crippen LogP contribution in [-0.2, 0) is 9.84 Å². The molecule has 2 atom stereocenters. The van der Waals surface area contributed by atoms with Crippen molar-refractivity contribution in [1.82, 2.24) is 9.80 Å². The first-order chi connectivity index (χ1) is 10.9. The van der Waals surface area contributed by atoms with Gasteiger partial charge in [0.1, 0.15) is 0 Å². The molecule has 0 N–H and O–H groups in total. The van der Waals surface area contributed by atoms with Gasteiger partial charge in [-0.05, 0) is 57.5 Å². The van der Waals surface area contributed by atoms with E-state index in [0.717, 1.165) is 32.4 Å². The Morgan fingerprint density at radius 1 is 1.13 bits per heavy atom. The van der Waals surface area contributed by atoms with Crippen molar-refractivity contribution in [2.75, 3.05) is 26.4 Å². The predicted molar refractivity (Wildman–Crippen MR) is 89.3 cm³/mol. The molecule has 3 rings (SSSR count). The molecule has 0 unspecified atom stereocenters. The molecule has 23 heavy (non-hydrogen) atoms. The average Bonchev–Trinajstić information content (AvgIpc) is 3.14. The minimum absolute atomic E-state index is 0.0432. The van der Waals surface area contributed by atoms with E-state index in [1.807, 2.05) is 4.90 Å². The topological polar surface area (TPSA) is 57.7 Å². The largest absolute Gasteiger partial charge is 0.334 e. The molecule has 5 nitrogen and oxygen atoms in total. The van der Waals surface area contributed by atoms with Crippen molar-refractivity contribution in [2.45, 2.75) is 42.7 Å². The molecule has 2 saturated heterocycles. The number of sulfone groups is 1. The highest BCUT2D eigenvalue weighted by Gasteiger charge is 2.38. The standard InChI is InChI=1S/C17H24N2O3S/c1-18-10-4-8-15(18)16-9-5-11-19(16)17(20)13-6-3-7-14(12-13)23(2,21)22/h3,6-7,12,15-16H,4-5,8-11H2,1-2H3/t15-,16+/m0/s1. The predicted octanol–water partition coefficient (Wildman–Crippen LogP) is 1.79. The summed E-state index contributed by atoms with van der Waals surface area (Å²) in [5, 5.41) is 0. The van der Waals surface area contributed by atoms with E-state index >= 15 is 0 Å². The van der Waals surface area contributed by atoms with Crippen LogP contribution in [0.5, 0.6) is 0 Å². The van der Waals surface area contributed by atoms with Crippen LogP contribution in [0.4, 0.5) is 0 Å². The van der Waals surface area contributed by atoms with E-state index in [4.69, 9.17) is 0 Å². The van der Waals surface area contributed by atoms with E-state index in [2.05, 4.69) is 11.9 Å². The lowest BCUT2D eigenvalue weighted by Crippen LogP contribution is -2.47. The zero-order chi connectivity index (χ0) is 16.6. The van der Waals surface area contributed by atoms with Gasteiger partial charge in [-0.1, -0.05) is 6.07 Å². The maximum absolute atomic E-state index is 12.9. The van der Waals surface area contributed by atoms with Gasteiger partial charge in [-0.2, -0.15) is 0 Å². The van der Waals surface area contributed by atoms with E-state index in [9.17, 15) is 13.2 Å². The molecule has 2 aliphatic rings. The Labute approximate surface area is 138 Å². The molecule has 2 fully saturated rings. The van der Waals surface area contributed by atoms with Crippen molar-refractivity contribution in [3.05, 3.63) is 29.8 Å². The summed E-state index contributed by atoms with van der Waals surface area (Å²) in [6, 6.07) is 7.08. The van der Waals surface area contributed by atoms with Gasteiger partial charge in [0.2, 0.25) is 0 Å². The van der Waals surface area contributed by atoms with Gasteiger partial charge in [-0.25, -0.2) is 8.42 Å². The second-order valence-electron chi connectivity index (χ2n) is 6.70. The fourth-order valence-electron chi connectivity index (χ4n) is 3.89. The van der Waals surface area contributed by atoms with Gasteiger partial charge in [0.05, 0.1) is 4.90 Å². The number of rotatable bonds is 3. The number of nitrogens with zero attached hydrogens (tertiary/aromatic N) is 2. The number of carbonyl (C=O) groups excluding carboxylic acids is 1. The van der Waals surface area contributed by atoms with E-state index in [1.54, 1.807) is 18.2 Å². The van der Waals surface area contributed by atoms with Gasteiger partial charge in [-0.15, -0.1) is 0 Å². The minimum Gasteiger partial charge on any atom is -0.334 e. The first-order valence-corrected chi connectivity index (χ1v) is 10.1. The highest BCUT2D eigenvalue weighted by Crippen LogP contribution is 2.30. The number of carbonyl (C=O) groups is 1. The van der Waals surface area contributed by atoms with Crippen LogP contribution in [0.25, 0.3) is 0 Å². The Balaban J connectivity index is 1.85. The summed E-state index contributed by atoms with van der Waals surface area (Å²) in [7, 11) is -1.17. The van der Waals surface area contributed by atoms with E-state index in [-0.39, 0.29) is 16.8 Å². The molecular formula is C17H24N2O3S. The monoisotopic (exact) mass is 336 g/mol. The smallest absolute Gasteiger partial charge is 0.254 e. The molecule has 126 valence electrons. The highest BCUT2D eigenvalue weighted by atomic mass is 32.2. The second-order valence-corrected chi connectivity index (χ2v) is 8.71. The maximum Gasteiger partial charge on any atom is 0.254 e. The first kappa shape index (κ1) is 16.5. The molecular weight excluding hydrogens is 312 g/mol. The van der Waals surface area contributed by atoms with Crippen LogP contribution >= 0.6 is 0 Å². The second kappa shape index (κ2) is 6.24. The lowest BCUT2D eigenvalue weighted by atomic mass is 10.0. The maximum atomic E-state index is 12.9. The van der Waals surface area contributed by atoms with E-state index < -0.39 is 9.84 Å². The van der Waals surface area contributed by atoms with Gasteiger partial charge >= 0.3 is 0 Å². The third kappa shape index (κ3) is 3.28. The molecule has 2 heterocycles. The van der Waals surface area contributed by atoms with E-state index in [0.29, 0.717) is 11.6 Å². The third-order valence-electron chi connectivity index (χ3n) is 5.09. The van der Waals surface area contributed by atoms with Crippen molar-refractivity contribution < 1.29 is 13.2 Å². The average molecular weight is 336 g/mol. The van der Waals surface area contributed by atoms with Crippen LogP contribution in [-0.4, -0.2) is 62.6 Å². The summed E-state index contributed by atoms with van der Waals surface area (Å²) in [6.07, 6.45) is 5.54. The van der Waals surface area contributed by atoms with Gasteiger partial charge in [-0.3, -0.25) is 4.79 Å². The van der Waals surface area contributed by atoms with Crippen molar-refractivity contribution in [2.24, 2.45) is 0 Å².